The summed E-state index contributed by atoms with van der Waals surface area (Å²) in [7, 11) is 4.01. The average Bonchev–Trinajstić information content (AvgIpc) is 2.36. The van der Waals surface area contributed by atoms with Crippen LogP contribution in [-0.2, 0) is 4.79 Å². The molecule has 0 aliphatic heterocycles. The Kier molecular flexibility index (Phi) is 6.19. The van der Waals surface area contributed by atoms with Crippen LogP contribution in [0.4, 0.5) is 11.4 Å². The first-order valence-corrected chi connectivity index (χ1v) is 6.77. The SMILES string of the molecule is CC(C)CCNC(=O)CNc1ccc(N(C)C)cc1. The third-order valence-electron chi connectivity index (χ3n) is 2.88. The number of rotatable bonds is 7. The van der Waals surface area contributed by atoms with E-state index in [4.69, 9.17) is 0 Å². The van der Waals surface area contributed by atoms with Crippen LogP contribution >= 0.6 is 0 Å². The fourth-order valence-electron chi connectivity index (χ4n) is 1.62. The highest BCUT2D eigenvalue weighted by atomic mass is 16.1. The summed E-state index contributed by atoms with van der Waals surface area (Å²) < 4.78 is 0. The topological polar surface area (TPSA) is 44.4 Å². The second kappa shape index (κ2) is 7.67. The maximum Gasteiger partial charge on any atom is 0.239 e. The van der Waals surface area contributed by atoms with Crippen LogP contribution in [-0.4, -0.2) is 33.1 Å². The van der Waals surface area contributed by atoms with Gasteiger partial charge in [-0.2, -0.15) is 0 Å². The second-order valence-electron chi connectivity index (χ2n) is 5.33. The number of anilines is 2. The highest BCUT2D eigenvalue weighted by Crippen LogP contribution is 2.15. The first-order chi connectivity index (χ1) is 8.99. The summed E-state index contributed by atoms with van der Waals surface area (Å²) in [4.78, 5) is 13.6. The smallest absolute Gasteiger partial charge is 0.239 e. The van der Waals surface area contributed by atoms with E-state index < -0.39 is 0 Å². The Bertz CT molecular complexity index is 385. The molecule has 1 aromatic rings. The number of hydrogen-bond acceptors (Lipinski definition) is 3. The average molecular weight is 263 g/mol. The Morgan fingerprint density at radius 3 is 2.37 bits per heavy atom. The van der Waals surface area contributed by atoms with Crippen molar-refractivity contribution < 1.29 is 4.79 Å². The largest absolute Gasteiger partial charge is 0.378 e. The lowest BCUT2D eigenvalue weighted by atomic mass is 10.1. The fraction of sp³-hybridized carbons (Fsp3) is 0.533. The monoisotopic (exact) mass is 263 g/mol. The zero-order valence-electron chi connectivity index (χ0n) is 12.4. The molecule has 0 bridgehead atoms. The zero-order valence-corrected chi connectivity index (χ0v) is 12.4. The summed E-state index contributed by atoms with van der Waals surface area (Å²) in [5, 5.41) is 6.02. The minimum atomic E-state index is 0.0392. The van der Waals surface area contributed by atoms with Crippen molar-refractivity contribution in [3.05, 3.63) is 24.3 Å². The Hall–Kier alpha value is -1.71. The van der Waals surface area contributed by atoms with Crippen LogP contribution in [0.5, 0.6) is 0 Å². The molecule has 4 heteroatoms. The lowest BCUT2D eigenvalue weighted by Crippen LogP contribution is -2.31. The fourth-order valence-corrected chi connectivity index (χ4v) is 1.62. The molecule has 0 fully saturated rings. The van der Waals surface area contributed by atoms with Gasteiger partial charge in [-0.05, 0) is 36.6 Å². The molecule has 1 rings (SSSR count). The maximum atomic E-state index is 11.6. The molecule has 0 saturated carbocycles. The quantitative estimate of drug-likeness (QED) is 0.793. The highest BCUT2D eigenvalue weighted by Gasteiger charge is 2.02. The van der Waals surface area contributed by atoms with E-state index in [1.54, 1.807) is 0 Å². The maximum absolute atomic E-state index is 11.6. The lowest BCUT2D eigenvalue weighted by molar-refractivity contribution is -0.119. The molecule has 0 atom stereocenters. The molecule has 0 radical (unpaired) electrons. The van der Waals surface area contributed by atoms with Crippen molar-refractivity contribution in [2.75, 3.05) is 37.4 Å². The van der Waals surface area contributed by atoms with Gasteiger partial charge in [0, 0.05) is 32.0 Å². The number of carbonyl (C=O) groups is 1. The van der Waals surface area contributed by atoms with Crippen molar-refractivity contribution in [1.29, 1.82) is 0 Å². The van der Waals surface area contributed by atoms with Crippen molar-refractivity contribution in [2.24, 2.45) is 5.92 Å². The standard InChI is InChI=1S/C15H25N3O/c1-12(2)9-10-16-15(19)11-17-13-5-7-14(8-6-13)18(3)4/h5-8,12,17H,9-11H2,1-4H3,(H,16,19). The van der Waals surface area contributed by atoms with E-state index in [9.17, 15) is 4.79 Å². The van der Waals surface area contributed by atoms with Gasteiger partial charge in [-0.1, -0.05) is 13.8 Å². The minimum absolute atomic E-state index is 0.0392. The van der Waals surface area contributed by atoms with Crippen molar-refractivity contribution in [1.82, 2.24) is 5.32 Å². The molecule has 1 amide bonds. The van der Waals surface area contributed by atoms with E-state index in [0.717, 1.165) is 24.3 Å². The number of nitrogens with zero attached hydrogens (tertiary/aromatic N) is 1. The Morgan fingerprint density at radius 1 is 1.21 bits per heavy atom. The summed E-state index contributed by atoms with van der Waals surface area (Å²) in [5.74, 6) is 0.657. The van der Waals surface area contributed by atoms with Gasteiger partial charge in [0.2, 0.25) is 5.91 Å². The van der Waals surface area contributed by atoms with E-state index in [1.807, 2.05) is 43.3 Å². The van der Waals surface area contributed by atoms with Gasteiger partial charge in [-0.15, -0.1) is 0 Å². The van der Waals surface area contributed by atoms with E-state index in [-0.39, 0.29) is 5.91 Å². The van der Waals surface area contributed by atoms with Crippen molar-refractivity contribution >= 4 is 17.3 Å². The molecule has 0 aliphatic carbocycles. The van der Waals surface area contributed by atoms with Crippen LogP contribution in [0.2, 0.25) is 0 Å². The number of amides is 1. The predicted octanol–water partition coefficient (Wildman–Crippen LogP) is 2.33. The summed E-state index contributed by atoms with van der Waals surface area (Å²) in [6.07, 6.45) is 1.02. The summed E-state index contributed by atoms with van der Waals surface area (Å²) in [6, 6.07) is 8.02. The Morgan fingerprint density at radius 2 is 1.84 bits per heavy atom. The molecule has 0 aliphatic rings. The molecule has 0 spiro atoms. The highest BCUT2D eigenvalue weighted by molar-refractivity contribution is 5.80. The van der Waals surface area contributed by atoms with Gasteiger partial charge < -0.3 is 15.5 Å². The molecule has 0 heterocycles. The summed E-state index contributed by atoms with van der Waals surface area (Å²) in [5.41, 5.74) is 2.11. The Balaban J connectivity index is 2.30. The molecule has 106 valence electrons. The molecular formula is C15H25N3O. The van der Waals surface area contributed by atoms with Gasteiger partial charge in [0.25, 0.3) is 0 Å². The van der Waals surface area contributed by atoms with Crippen molar-refractivity contribution in [3.63, 3.8) is 0 Å². The van der Waals surface area contributed by atoms with Crippen LogP contribution in [0.15, 0.2) is 24.3 Å². The molecule has 0 unspecified atom stereocenters. The van der Waals surface area contributed by atoms with Crippen LogP contribution in [0, 0.1) is 5.92 Å². The molecule has 4 nitrogen and oxygen atoms in total. The van der Waals surface area contributed by atoms with Gasteiger partial charge in [0.05, 0.1) is 6.54 Å². The minimum Gasteiger partial charge on any atom is -0.378 e. The van der Waals surface area contributed by atoms with E-state index in [0.29, 0.717) is 12.5 Å². The molecule has 2 N–H and O–H groups in total. The van der Waals surface area contributed by atoms with E-state index in [1.165, 1.54) is 0 Å². The van der Waals surface area contributed by atoms with Gasteiger partial charge in [0.1, 0.15) is 0 Å². The van der Waals surface area contributed by atoms with Crippen molar-refractivity contribution in [3.8, 4) is 0 Å². The van der Waals surface area contributed by atoms with E-state index in [2.05, 4.69) is 24.5 Å². The third-order valence-corrected chi connectivity index (χ3v) is 2.88. The van der Waals surface area contributed by atoms with Gasteiger partial charge in [-0.25, -0.2) is 0 Å². The van der Waals surface area contributed by atoms with Crippen LogP contribution in [0.3, 0.4) is 0 Å². The first kappa shape index (κ1) is 15.3. The molecular weight excluding hydrogens is 238 g/mol. The molecule has 1 aromatic carbocycles. The number of hydrogen-bond donors (Lipinski definition) is 2. The van der Waals surface area contributed by atoms with Crippen LogP contribution in [0.1, 0.15) is 20.3 Å². The molecule has 0 saturated heterocycles. The number of benzene rings is 1. The van der Waals surface area contributed by atoms with Crippen LogP contribution < -0.4 is 15.5 Å². The van der Waals surface area contributed by atoms with E-state index >= 15 is 0 Å². The summed E-state index contributed by atoms with van der Waals surface area (Å²) >= 11 is 0. The molecule has 0 aromatic heterocycles. The second-order valence-corrected chi connectivity index (χ2v) is 5.33. The normalized spacial score (nSPS) is 10.4. The zero-order chi connectivity index (χ0) is 14.3. The third kappa shape index (κ3) is 6.13. The predicted molar refractivity (Wildman–Crippen MR) is 81.7 cm³/mol. The Labute approximate surface area is 116 Å². The van der Waals surface area contributed by atoms with Crippen LogP contribution in [0.25, 0.3) is 0 Å². The van der Waals surface area contributed by atoms with Crippen molar-refractivity contribution in [2.45, 2.75) is 20.3 Å². The summed E-state index contributed by atoms with van der Waals surface area (Å²) in [6.45, 7) is 5.37. The van der Waals surface area contributed by atoms with Gasteiger partial charge in [-0.3, -0.25) is 4.79 Å². The first-order valence-electron chi connectivity index (χ1n) is 6.77. The molecule has 19 heavy (non-hydrogen) atoms. The lowest BCUT2D eigenvalue weighted by Gasteiger charge is -2.13. The number of nitrogens with one attached hydrogen (secondary N) is 2. The number of carbonyl (C=O) groups excluding carboxylic acids is 1. The van der Waals surface area contributed by atoms with Gasteiger partial charge >= 0.3 is 0 Å². The van der Waals surface area contributed by atoms with Gasteiger partial charge in [0.15, 0.2) is 0 Å².